The van der Waals surface area contributed by atoms with Crippen LogP contribution in [0.5, 0.6) is 0 Å². The predicted molar refractivity (Wildman–Crippen MR) is 46.6 cm³/mol. The third kappa shape index (κ3) is 5.41. The van der Waals surface area contributed by atoms with E-state index in [-0.39, 0.29) is 23.9 Å². The number of allylic oxidation sites excluding steroid dienone is 2. The average molecular weight is 243 g/mol. The minimum atomic E-state index is 0. The van der Waals surface area contributed by atoms with Gasteiger partial charge < -0.3 is 0 Å². The zero-order valence-electron chi connectivity index (χ0n) is 5.81. The second-order valence-electron chi connectivity index (χ2n) is 1.49. The summed E-state index contributed by atoms with van der Waals surface area (Å²) in [5.74, 6) is 10.7. The molecule has 0 bridgehead atoms. The molecule has 0 spiro atoms. The second-order valence-corrected chi connectivity index (χ2v) is 1.49. The first-order valence-corrected chi connectivity index (χ1v) is 2.81. The molecule has 0 saturated carbocycles. The summed E-state index contributed by atoms with van der Waals surface area (Å²) in [6.07, 6.45) is 6.78. The largest absolute Gasteiger partial charge is 0.103 e. The van der Waals surface area contributed by atoms with Gasteiger partial charge >= 0.3 is 0 Å². The Hall–Kier alpha value is -1.04. The maximum atomic E-state index is 2.75. The maximum Gasteiger partial charge on any atom is 0.0312 e. The Labute approximate surface area is 83.3 Å². The first kappa shape index (κ1) is 9.96. The minimum Gasteiger partial charge on any atom is -0.103 e. The molecule has 2 aliphatic carbocycles. The van der Waals surface area contributed by atoms with Crippen molar-refractivity contribution in [2.45, 2.75) is 0 Å². The van der Waals surface area contributed by atoms with Crippen LogP contribution in [0.2, 0.25) is 0 Å². The first-order chi connectivity index (χ1) is 5.00. The van der Waals surface area contributed by atoms with Gasteiger partial charge in [-0.15, -0.1) is 11.5 Å². The molecule has 0 aromatic carbocycles. The molecule has 0 N–H and O–H groups in total. The summed E-state index contributed by atoms with van der Waals surface area (Å²) < 4.78 is 0. The fourth-order valence-corrected chi connectivity index (χ4v) is 0.417. The molecule has 0 amide bonds. The maximum absolute atomic E-state index is 2.75. The summed E-state index contributed by atoms with van der Waals surface area (Å²) >= 11 is 0. The molecule has 0 atom stereocenters. The molecule has 0 aliphatic heterocycles. The zero-order chi connectivity index (χ0) is 7.07. The Kier molecular flexibility index (Phi) is 6.40. The smallest absolute Gasteiger partial charge is 0.0312 e. The molecule has 2 rings (SSSR count). The molecular weight excluding hydrogens is 239 g/mol. The Morgan fingerprint density at radius 1 is 0.545 bits per heavy atom. The summed E-state index contributed by atoms with van der Waals surface area (Å²) in [6, 6.07) is 0. The van der Waals surface area contributed by atoms with Crippen molar-refractivity contribution in [3.05, 3.63) is 35.8 Å². The number of hydrogen-bond acceptors (Lipinski definition) is 0. The van der Waals surface area contributed by atoms with E-state index in [0.29, 0.717) is 0 Å². The van der Waals surface area contributed by atoms with Crippen LogP contribution in [0.15, 0.2) is 35.8 Å². The van der Waals surface area contributed by atoms with Crippen LogP contribution in [0, 0.1) is 23.7 Å². The molecule has 0 nitrogen and oxygen atoms in total. The third-order valence-electron chi connectivity index (χ3n) is 0.789. The van der Waals surface area contributed by atoms with Crippen molar-refractivity contribution in [1.82, 2.24) is 0 Å². The van der Waals surface area contributed by atoms with Crippen molar-refractivity contribution in [2.75, 3.05) is 0 Å². The van der Waals surface area contributed by atoms with Crippen molar-refractivity contribution in [3.63, 3.8) is 0 Å². The van der Waals surface area contributed by atoms with E-state index in [0.717, 1.165) is 0 Å². The molecule has 4 radical (unpaired) electrons. The molecule has 48 valence electrons. The normalized spacial score (nSPS) is 10.2. The molecule has 0 aromatic heterocycles. The van der Waals surface area contributed by atoms with Gasteiger partial charge in [0.15, 0.2) is 0 Å². The standard InChI is InChI=1S/2C5H2.Sn/c2*1-2-4-5-3-1;/h2*1,4H;. The van der Waals surface area contributed by atoms with Crippen molar-refractivity contribution < 1.29 is 0 Å². The van der Waals surface area contributed by atoms with Gasteiger partial charge in [0.2, 0.25) is 0 Å². The molecule has 0 heterocycles. The van der Waals surface area contributed by atoms with E-state index in [1.54, 1.807) is 24.3 Å². The summed E-state index contributed by atoms with van der Waals surface area (Å²) in [7, 11) is 0. The fraction of sp³-hybridized carbons (Fsp3) is 0. The monoisotopic (exact) mass is 244 g/mol. The van der Waals surface area contributed by atoms with E-state index in [2.05, 4.69) is 35.1 Å². The van der Waals surface area contributed by atoms with Crippen LogP contribution in [-0.4, -0.2) is 23.9 Å². The summed E-state index contributed by atoms with van der Waals surface area (Å²) in [6.45, 7) is 0. The van der Waals surface area contributed by atoms with Crippen LogP contribution in [0.3, 0.4) is 0 Å². The molecule has 2 aliphatic rings. The van der Waals surface area contributed by atoms with E-state index in [1.807, 2.05) is 0 Å². The van der Waals surface area contributed by atoms with Gasteiger partial charge in [0.05, 0.1) is 0 Å². The van der Waals surface area contributed by atoms with Crippen LogP contribution in [0.4, 0.5) is 0 Å². The SMILES string of the molecule is C1=CC#CC=1.C1=CC#CC=1.[Sn]. The van der Waals surface area contributed by atoms with E-state index in [4.69, 9.17) is 0 Å². The van der Waals surface area contributed by atoms with Crippen molar-refractivity contribution >= 4 is 23.9 Å². The van der Waals surface area contributed by atoms with Crippen LogP contribution in [0.25, 0.3) is 0 Å². The van der Waals surface area contributed by atoms with Crippen molar-refractivity contribution in [3.8, 4) is 23.7 Å². The quantitative estimate of drug-likeness (QED) is 0.339. The predicted octanol–water partition coefficient (Wildman–Crippen LogP) is 1.05. The van der Waals surface area contributed by atoms with Crippen LogP contribution >= 0.6 is 0 Å². The summed E-state index contributed by atoms with van der Waals surface area (Å²) in [5.41, 5.74) is 5.50. The van der Waals surface area contributed by atoms with Gasteiger partial charge in [0.25, 0.3) is 0 Å². The van der Waals surface area contributed by atoms with E-state index in [9.17, 15) is 0 Å². The van der Waals surface area contributed by atoms with Gasteiger partial charge in [0, 0.05) is 48.2 Å². The Bertz CT molecular complexity index is 289. The topological polar surface area (TPSA) is 0 Å². The minimum absolute atomic E-state index is 0. The number of hydrogen-bond donors (Lipinski definition) is 0. The van der Waals surface area contributed by atoms with Gasteiger partial charge in [0.1, 0.15) is 0 Å². The van der Waals surface area contributed by atoms with Crippen molar-refractivity contribution in [2.24, 2.45) is 0 Å². The summed E-state index contributed by atoms with van der Waals surface area (Å²) in [5, 5.41) is 0. The van der Waals surface area contributed by atoms with Gasteiger partial charge in [-0.3, -0.25) is 0 Å². The molecule has 0 unspecified atom stereocenters. The molecule has 0 fully saturated rings. The second kappa shape index (κ2) is 7.07. The molecule has 11 heavy (non-hydrogen) atoms. The molecular formula is C10H4Sn. The Morgan fingerprint density at radius 3 is 0.909 bits per heavy atom. The van der Waals surface area contributed by atoms with E-state index < -0.39 is 0 Å². The van der Waals surface area contributed by atoms with E-state index >= 15 is 0 Å². The van der Waals surface area contributed by atoms with E-state index in [1.165, 1.54) is 0 Å². The zero-order valence-corrected chi connectivity index (χ0v) is 8.66. The Balaban J connectivity index is 0.000000167. The molecule has 1 heteroatoms. The van der Waals surface area contributed by atoms with Gasteiger partial charge in [-0.05, 0) is 0 Å². The van der Waals surface area contributed by atoms with Crippen LogP contribution in [0.1, 0.15) is 0 Å². The third-order valence-corrected chi connectivity index (χ3v) is 0.789. The van der Waals surface area contributed by atoms with Gasteiger partial charge in [-0.2, -0.15) is 0 Å². The van der Waals surface area contributed by atoms with Gasteiger partial charge in [-0.1, -0.05) is 23.7 Å². The van der Waals surface area contributed by atoms with Crippen LogP contribution < -0.4 is 0 Å². The average Bonchev–Trinajstić information content (AvgIpc) is 2.67. The van der Waals surface area contributed by atoms with Crippen LogP contribution in [-0.2, 0) is 0 Å². The van der Waals surface area contributed by atoms with Crippen molar-refractivity contribution in [1.29, 1.82) is 0 Å². The summed E-state index contributed by atoms with van der Waals surface area (Å²) in [4.78, 5) is 0. The molecule has 0 saturated heterocycles. The number of rotatable bonds is 0. The Morgan fingerprint density at radius 2 is 0.818 bits per heavy atom. The fourth-order valence-electron chi connectivity index (χ4n) is 0.417. The molecule has 0 aromatic rings. The first-order valence-electron chi connectivity index (χ1n) is 2.81. The van der Waals surface area contributed by atoms with Gasteiger partial charge in [-0.25, -0.2) is 0 Å².